The molecule has 0 bridgehead atoms. The number of anilines is 1. The summed E-state index contributed by atoms with van der Waals surface area (Å²) >= 11 is 0. The predicted octanol–water partition coefficient (Wildman–Crippen LogP) is 1.68. The molecule has 2 aromatic carbocycles. The lowest BCUT2D eigenvalue weighted by atomic mass is 9.91. The van der Waals surface area contributed by atoms with E-state index in [1.165, 1.54) is 12.1 Å². The topological polar surface area (TPSA) is 196 Å². The summed E-state index contributed by atoms with van der Waals surface area (Å²) < 4.78 is 20.5. The van der Waals surface area contributed by atoms with Crippen LogP contribution in [-0.2, 0) is 20.7 Å². The van der Waals surface area contributed by atoms with Crippen LogP contribution in [0.1, 0.15) is 63.4 Å². The molecule has 0 radical (unpaired) electrons. The third-order valence-corrected chi connectivity index (χ3v) is 10.1. The van der Waals surface area contributed by atoms with Crippen LogP contribution in [0.15, 0.2) is 59.5 Å². The number of nitrogens with one attached hydrogen (secondary N) is 3. The molecule has 4 heterocycles. The van der Waals surface area contributed by atoms with Crippen LogP contribution in [0.4, 0.5) is 10.1 Å². The van der Waals surface area contributed by atoms with Gasteiger partial charge in [0, 0.05) is 82.7 Å². The van der Waals surface area contributed by atoms with Gasteiger partial charge in [-0.15, -0.1) is 0 Å². The molecule has 4 aromatic rings. The summed E-state index contributed by atoms with van der Waals surface area (Å²) in [5.41, 5.74) is 8.43. The maximum Gasteiger partial charge on any atom is 0.272 e. The monoisotopic (exact) mass is 755 g/mol. The van der Waals surface area contributed by atoms with Crippen LogP contribution in [0, 0.1) is 5.82 Å². The van der Waals surface area contributed by atoms with E-state index in [0.717, 1.165) is 12.0 Å². The maximum absolute atomic E-state index is 14.9. The normalized spacial score (nSPS) is 16.1. The minimum absolute atomic E-state index is 0.0549. The molecule has 290 valence electrons. The second-order valence-corrected chi connectivity index (χ2v) is 13.6. The van der Waals surface area contributed by atoms with Gasteiger partial charge in [-0.25, -0.2) is 14.5 Å². The van der Waals surface area contributed by atoms with Gasteiger partial charge in [0.15, 0.2) is 5.69 Å². The number of H-pyrrole nitrogens is 1. The Kier molecular flexibility index (Phi) is 12.8. The molecule has 0 aliphatic carbocycles. The molecule has 1 unspecified atom stereocenters. The maximum atomic E-state index is 14.9. The van der Waals surface area contributed by atoms with Crippen molar-refractivity contribution in [2.75, 3.05) is 77.9 Å². The van der Waals surface area contributed by atoms with E-state index in [1.807, 2.05) is 17.9 Å². The zero-order chi connectivity index (χ0) is 38.9. The molecule has 16 heteroatoms. The summed E-state index contributed by atoms with van der Waals surface area (Å²) in [5, 5.41) is 13.7. The largest absolute Gasteiger partial charge is 0.397 e. The van der Waals surface area contributed by atoms with Crippen LogP contribution in [0.25, 0.3) is 10.8 Å². The van der Waals surface area contributed by atoms with Gasteiger partial charge in [0.25, 0.3) is 17.4 Å². The van der Waals surface area contributed by atoms with Crippen molar-refractivity contribution in [1.82, 2.24) is 40.5 Å². The number of hydrogen-bond donors (Lipinski definition) is 4. The number of nitrogens with zero attached hydrogens (tertiary/aromatic N) is 5. The molecule has 2 aliphatic heterocycles. The molecule has 2 aromatic heterocycles. The molecule has 0 spiro atoms. The lowest BCUT2D eigenvalue weighted by Crippen LogP contribution is -2.52. The summed E-state index contributed by atoms with van der Waals surface area (Å²) in [6.45, 7) is 5.70. The molecular weight excluding hydrogens is 709 g/mol. The molecular formula is C39H46FN9O6. The number of nitrogen functional groups attached to an aromatic ring is 1. The number of fused-ring (bicyclic) bond motifs is 1. The number of piperidine rings is 1. The number of nitrogens with two attached hydrogens (primary N) is 1. The van der Waals surface area contributed by atoms with Crippen molar-refractivity contribution in [3.63, 3.8) is 0 Å². The van der Waals surface area contributed by atoms with Crippen molar-refractivity contribution < 1.29 is 28.3 Å². The van der Waals surface area contributed by atoms with E-state index in [0.29, 0.717) is 74.2 Å². The van der Waals surface area contributed by atoms with E-state index in [2.05, 4.69) is 25.8 Å². The van der Waals surface area contributed by atoms with Crippen LogP contribution in [-0.4, -0.2) is 126 Å². The fourth-order valence-electron chi connectivity index (χ4n) is 6.95. The Morgan fingerprint density at radius 1 is 1.00 bits per heavy atom. The van der Waals surface area contributed by atoms with Crippen molar-refractivity contribution in [2.45, 2.75) is 32.1 Å². The number of benzene rings is 2. The van der Waals surface area contributed by atoms with Crippen LogP contribution in [0.3, 0.4) is 0 Å². The number of likely N-dealkylation sites (tertiary alicyclic amines) is 1. The van der Waals surface area contributed by atoms with Crippen molar-refractivity contribution in [3.8, 4) is 0 Å². The van der Waals surface area contributed by atoms with Crippen LogP contribution in [0.5, 0.6) is 0 Å². The second-order valence-electron chi connectivity index (χ2n) is 13.6. The zero-order valence-electron chi connectivity index (χ0n) is 30.8. The molecule has 4 amide bonds. The van der Waals surface area contributed by atoms with Gasteiger partial charge in [-0.3, -0.25) is 24.0 Å². The minimum Gasteiger partial charge on any atom is -0.397 e. The molecule has 0 saturated carbocycles. The number of piperazine rings is 1. The number of amides is 4. The number of pyridine rings is 1. The minimum atomic E-state index is -0.633. The Bertz CT molecular complexity index is 2100. The van der Waals surface area contributed by atoms with Gasteiger partial charge < -0.3 is 35.8 Å². The lowest BCUT2D eigenvalue weighted by molar-refractivity contribution is -0.133. The van der Waals surface area contributed by atoms with E-state index in [-0.39, 0.29) is 73.0 Å². The van der Waals surface area contributed by atoms with Crippen LogP contribution < -0.4 is 21.9 Å². The van der Waals surface area contributed by atoms with Crippen molar-refractivity contribution in [3.05, 3.63) is 99.0 Å². The van der Waals surface area contributed by atoms with Crippen LogP contribution >= 0.6 is 0 Å². The first-order valence-corrected chi connectivity index (χ1v) is 18.5. The zero-order valence-corrected chi connectivity index (χ0v) is 30.8. The summed E-state index contributed by atoms with van der Waals surface area (Å²) in [5.74, 6) is -1.33. The first-order chi connectivity index (χ1) is 26.6. The Hall–Kier alpha value is -5.74. The molecule has 1 atom stereocenters. The summed E-state index contributed by atoms with van der Waals surface area (Å²) in [4.78, 5) is 72.3. The molecule has 15 nitrogen and oxygen atoms in total. The predicted molar refractivity (Wildman–Crippen MR) is 203 cm³/mol. The van der Waals surface area contributed by atoms with E-state index in [4.69, 9.17) is 10.5 Å². The van der Waals surface area contributed by atoms with Gasteiger partial charge in [0.05, 0.1) is 42.1 Å². The summed E-state index contributed by atoms with van der Waals surface area (Å²) in [7, 11) is 0. The van der Waals surface area contributed by atoms with Gasteiger partial charge in [-0.2, -0.15) is 5.10 Å². The highest BCUT2D eigenvalue weighted by Gasteiger charge is 2.28. The molecule has 2 aliphatic rings. The highest BCUT2D eigenvalue weighted by Crippen LogP contribution is 2.29. The average molecular weight is 756 g/mol. The highest BCUT2D eigenvalue weighted by molar-refractivity contribution is 5.97. The number of halogens is 1. The third-order valence-electron chi connectivity index (χ3n) is 10.1. The number of aromatic amines is 1. The molecule has 5 N–H and O–H groups in total. The van der Waals surface area contributed by atoms with Gasteiger partial charge in [-0.05, 0) is 48.7 Å². The van der Waals surface area contributed by atoms with Gasteiger partial charge in [0.2, 0.25) is 11.8 Å². The number of carbonyl (C=O) groups is 4. The number of carbonyl (C=O) groups excluding carboxylic acids is 4. The van der Waals surface area contributed by atoms with Crippen LogP contribution in [0.2, 0.25) is 0 Å². The fourth-order valence-corrected chi connectivity index (χ4v) is 6.95. The first-order valence-electron chi connectivity index (χ1n) is 18.5. The molecule has 55 heavy (non-hydrogen) atoms. The van der Waals surface area contributed by atoms with E-state index < -0.39 is 17.6 Å². The van der Waals surface area contributed by atoms with Crippen molar-refractivity contribution in [1.29, 1.82) is 0 Å². The number of rotatable bonds is 14. The van der Waals surface area contributed by atoms with E-state index in [9.17, 15) is 28.4 Å². The smallest absolute Gasteiger partial charge is 0.272 e. The first kappa shape index (κ1) is 39.0. The Morgan fingerprint density at radius 2 is 1.75 bits per heavy atom. The van der Waals surface area contributed by atoms with E-state index >= 15 is 0 Å². The average Bonchev–Trinajstić information content (AvgIpc) is 3.20. The van der Waals surface area contributed by atoms with Gasteiger partial charge >= 0.3 is 0 Å². The van der Waals surface area contributed by atoms with Gasteiger partial charge in [-0.1, -0.05) is 24.3 Å². The fraction of sp³-hybridized carbons (Fsp3) is 0.410. The summed E-state index contributed by atoms with van der Waals surface area (Å²) in [6.07, 6.45) is 3.16. The quantitative estimate of drug-likeness (QED) is 0.138. The standard InChI is InChI=1S/C39H46FN9O6/c1-2-47-24-26(8-10-34(47)50)27-21-32(41)36(44-22-27)38(53)43-12-18-55-17-11-42-23-35(51)48-13-15-49(16-14-48)39(54)30-19-25(7-9-31(30)40)20-33-28-5-3-4-6-29(28)37(52)46-45-33/h3-7,9,19,21-22,26,42H,2,8,10-18,20,23-24,41H2,1H3,(H,43,53)(H,46,52). The van der Waals surface area contributed by atoms with Crippen molar-refractivity contribution in [2.24, 2.45) is 0 Å². The summed E-state index contributed by atoms with van der Waals surface area (Å²) in [6, 6.07) is 13.2. The Labute approximate surface area is 317 Å². The number of hydrogen-bond acceptors (Lipinski definition) is 10. The SMILES string of the molecule is CCN1CC(c2cnc(C(=O)NCCOCCNCC(=O)N3CCN(C(=O)c4cc(Cc5n[nH]c(=O)c6ccccc56)ccc4F)CC3)c(N)c2)CCC1=O. The second kappa shape index (κ2) is 18.1. The molecule has 2 fully saturated rings. The number of likely N-dealkylation sites (N-methyl/N-ethyl adjacent to an activating group) is 1. The van der Waals surface area contributed by atoms with Gasteiger partial charge in [0.1, 0.15) is 5.82 Å². The van der Waals surface area contributed by atoms with Crippen molar-refractivity contribution >= 4 is 40.1 Å². The molecule has 2 saturated heterocycles. The lowest BCUT2D eigenvalue weighted by Gasteiger charge is -2.35. The molecule has 6 rings (SSSR count). The number of aromatic nitrogens is 3. The third kappa shape index (κ3) is 9.50. The Balaban J connectivity index is 0.869. The number of ether oxygens (including phenoxy) is 1. The highest BCUT2D eigenvalue weighted by atomic mass is 19.1. The van der Waals surface area contributed by atoms with E-state index in [1.54, 1.807) is 46.3 Å². The Morgan fingerprint density at radius 3 is 2.51 bits per heavy atom.